The number of nitrogens with one attached hydrogen (secondary N) is 2. The van der Waals surface area contributed by atoms with Crippen LogP contribution in [-0.2, 0) is 4.79 Å². The molecule has 0 rings (SSSR count). The number of rotatable bonds is 8. The standard InChI is InChI=1S/C11H24N2O2/c1-4-10(6-8-14)13-11(15)5-7-12-9(2)3/h9-10,12,14H,4-8H2,1-3H3,(H,13,15). The third-order valence-electron chi connectivity index (χ3n) is 2.24. The third-order valence-corrected chi connectivity index (χ3v) is 2.24. The van der Waals surface area contributed by atoms with E-state index in [1.54, 1.807) is 0 Å². The van der Waals surface area contributed by atoms with Gasteiger partial charge in [0.2, 0.25) is 5.91 Å². The van der Waals surface area contributed by atoms with Crippen LogP contribution in [0, 0.1) is 0 Å². The van der Waals surface area contributed by atoms with Crippen molar-refractivity contribution < 1.29 is 9.90 Å². The molecule has 0 radical (unpaired) electrons. The van der Waals surface area contributed by atoms with Crippen molar-refractivity contribution >= 4 is 5.91 Å². The zero-order valence-corrected chi connectivity index (χ0v) is 10.0. The second-order valence-corrected chi connectivity index (χ2v) is 4.04. The molecule has 3 N–H and O–H groups in total. The predicted octanol–water partition coefficient (Wildman–Crippen LogP) is 0.652. The highest BCUT2D eigenvalue weighted by Crippen LogP contribution is 1.96. The molecule has 0 saturated carbocycles. The van der Waals surface area contributed by atoms with Gasteiger partial charge >= 0.3 is 0 Å². The number of hydrogen-bond donors (Lipinski definition) is 3. The van der Waals surface area contributed by atoms with Gasteiger partial charge in [0.15, 0.2) is 0 Å². The van der Waals surface area contributed by atoms with Crippen molar-refractivity contribution in [2.45, 2.75) is 52.1 Å². The number of aliphatic hydroxyl groups is 1. The largest absolute Gasteiger partial charge is 0.396 e. The molecule has 0 bridgehead atoms. The minimum atomic E-state index is 0.0588. The summed E-state index contributed by atoms with van der Waals surface area (Å²) in [7, 11) is 0. The van der Waals surface area contributed by atoms with Gasteiger partial charge in [0.25, 0.3) is 0 Å². The quantitative estimate of drug-likeness (QED) is 0.558. The first-order chi connectivity index (χ1) is 7.10. The van der Waals surface area contributed by atoms with Crippen molar-refractivity contribution in [3.8, 4) is 0 Å². The van der Waals surface area contributed by atoms with E-state index in [1.165, 1.54) is 0 Å². The first kappa shape index (κ1) is 14.4. The Balaban J connectivity index is 3.61. The summed E-state index contributed by atoms with van der Waals surface area (Å²) in [5, 5.41) is 14.9. The maximum absolute atomic E-state index is 11.4. The molecule has 0 aromatic heterocycles. The molecule has 1 atom stereocenters. The Labute approximate surface area is 92.4 Å². The highest BCUT2D eigenvalue weighted by Gasteiger charge is 2.09. The Hall–Kier alpha value is -0.610. The Kier molecular flexibility index (Phi) is 8.33. The van der Waals surface area contributed by atoms with Gasteiger partial charge in [-0.05, 0) is 12.8 Å². The van der Waals surface area contributed by atoms with Gasteiger partial charge in [-0.2, -0.15) is 0 Å². The maximum Gasteiger partial charge on any atom is 0.221 e. The van der Waals surface area contributed by atoms with Crippen LogP contribution < -0.4 is 10.6 Å². The first-order valence-electron chi connectivity index (χ1n) is 5.73. The molecule has 0 aliphatic rings. The Bertz CT molecular complexity index is 172. The number of carbonyl (C=O) groups is 1. The summed E-state index contributed by atoms with van der Waals surface area (Å²) in [6, 6.07) is 0.527. The topological polar surface area (TPSA) is 61.4 Å². The summed E-state index contributed by atoms with van der Waals surface area (Å²) >= 11 is 0. The molecule has 1 amide bonds. The summed E-state index contributed by atoms with van der Waals surface area (Å²) in [4.78, 5) is 11.4. The lowest BCUT2D eigenvalue weighted by Gasteiger charge is -2.16. The van der Waals surface area contributed by atoms with Gasteiger partial charge in [-0.25, -0.2) is 0 Å². The van der Waals surface area contributed by atoms with Crippen LogP contribution in [0.5, 0.6) is 0 Å². The van der Waals surface area contributed by atoms with Crippen LogP contribution in [0.3, 0.4) is 0 Å². The molecule has 15 heavy (non-hydrogen) atoms. The second-order valence-electron chi connectivity index (χ2n) is 4.04. The van der Waals surface area contributed by atoms with Crippen LogP contribution >= 0.6 is 0 Å². The summed E-state index contributed by atoms with van der Waals surface area (Å²) in [5.41, 5.74) is 0. The van der Waals surface area contributed by atoms with E-state index in [4.69, 9.17) is 5.11 Å². The van der Waals surface area contributed by atoms with Crippen molar-refractivity contribution in [3.63, 3.8) is 0 Å². The molecule has 4 heteroatoms. The molecule has 0 aromatic rings. The Morgan fingerprint density at radius 3 is 2.53 bits per heavy atom. The molecule has 0 saturated heterocycles. The number of aliphatic hydroxyl groups excluding tert-OH is 1. The maximum atomic E-state index is 11.4. The predicted molar refractivity (Wildman–Crippen MR) is 61.7 cm³/mol. The molecule has 1 unspecified atom stereocenters. The minimum absolute atomic E-state index is 0.0588. The fraction of sp³-hybridized carbons (Fsp3) is 0.909. The SMILES string of the molecule is CCC(CCO)NC(=O)CCNC(C)C. The van der Waals surface area contributed by atoms with Gasteiger partial charge in [0.05, 0.1) is 0 Å². The fourth-order valence-corrected chi connectivity index (χ4v) is 1.31. The van der Waals surface area contributed by atoms with Crippen molar-refractivity contribution in [2.24, 2.45) is 0 Å². The lowest BCUT2D eigenvalue weighted by Crippen LogP contribution is -2.37. The normalized spacial score (nSPS) is 12.9. The van der Waals surface area contributed by atoms with E-state index in [9.17, 15) is 4.79 Å². The zero-order chi connectivity index (χ0) is 11.7. The van der Waals surface area contributed by atoms with Crippen LogP contribution in [0.1, 0.15) is 40.0 Å². The molecule has 0 aliphatic heterocycles. The van der Waals surface area contributed by atoms with Crippen molar-refractivity contribution in [3.05, 3.63) is 0 Å². The molecule has 90 valence electrons. The average molecular weight is 216 g/mol. The third kappa shape index (κ3) is 8.39. The van der Waals surface area contributed by atoms with E-state index >= 15 is 0 Å². The average Bonchev–Trinajstić information content (AvgIpc) is 2.16. The van der Waals surface area contributed by atoms with Crippen LogP contribution in [0.25, 0.3) is 0 Å². The minimum Gasteiger partial charge on any atom is -0.396 e. The fourth-order valence-electron chi connectivity index (χ4n) is 1.31. The molecular weight excluding hydrogens is 192 g/mol. The van der Waals surface area contributed by atoms with E-state index < -0.39 is 0 Å². The number of carbonyl (C=O) groups excluding carboxylic acids is 1. The van der Waals surface area contributed by atoms with Gasteiger partial charge in [0.1, 0.15) is 0 Å². The van der Waals surface area contributed by atoms with Crippen molar-refractivity contribution in [2.75, 3.05) is 13.2 Å². The van der Waals surface area contributed by atoms with Gasteiger partial charge in [-0.3, -0.25) is 4.79 Å². The van der Waals surface area contributed by atoms with Gasteiger partial charge in [-0.1, -0.05) is 20.8 Å². The summed E-state index contributed by atoms with van der Waals surface area (Å²) in [6.07, 6.45) is 2.00. The van der Waals surface area contributed by atoms with E-state index in [0.29, 0.717) is 25.4 Å². The highest BCUT2D eigenvalue weighted by molar-refractivity contribution is 5.76. The molecular formula is C11H24N2O2. The molecule has 0 fully saturated rings. The summed E-state index contributed by atoms with van der Waals surface area (Å²) in [5.74, 6) is 0.0588. The smallest absolute Gasteiger partial charge is 0.221 e. The molecule has 0 heterocycles. The van der Waals surface area contributed by atoms with E-state index in [-0.39, 0.29) is 18.6 Å². The molecule has 0 aromatic carbocycles. The summed E-state index contributed by atoms with van der Waals surface area (Å²) in [6.45, 7) is 6.95. The molecule has 0 spiro atoms. The molecule has 4 nitrogen and oxygen atoms in total. The van der Waals surface area contributed by atoms with Crippen LogP contribution in [0.4, 0.5) is 0 Å². The van der Waals surface area contributed by atoms with Crippen LogP contribution in [-0.4, -0.2) is 36.2 Å². The zero-order valence-electron chi connectivity index (χ0n) is 10.0. The highest BCUT2D eigenvalue weighted by atomic mass is 16.3. The van der Waals surface area contributed by atoms with Crippen LogP contribution in [0.2, 0.25) is 0 Å². The molecule has 0 aliphatic carbocycles. The monoisotopic (exact) mass is 216 g/mol. The number of amides is 1. The second kappa shape index (κ2) is 8.68. The van der Waals surface area contributed by atoms with Crippen LogP contribution in [0.15, 0.2) is 0 Å². The van der Waals surface area contributed by atoms with Gasteiger partial charge < -0.3 is 15.7 Å². The van der Waals surface area contributed by atoms with Gasteiger partial charge in [-0.15, -0.1) is 0 Å². The van der Waals surface area contributed by atoms with E-state index in [2.05, 4.69) is 24.5 Å². The number of hydrogen-bond acceptors (Lipinski definition) is 3. The summed E-state index contributed by atoms with van der Waals surface area (Å²) < 4.78 is 0. The van der Waals surface area contributed by atoms with Gasteiger partial charge in [0, 0.05) is 31.7 Å². The Morgan fingerprint density at radius 1 is 1.40 bits per heavy atom. The van der Waals surface area contributed by atoms with E-state index in [0.717, 1.165) is 6.42 Å². The van der Waals surface area contributed by atoms with Crippen molar-refractivity contribution in [1.82, 2.24) is 10.6 Å². The lowest BCUT2D eigenvalue weighted by atomic mass is 10.1. The first-order valence-corrected chi connectivity index (χ1v) is 5.73. The lowest BCUT2D eigenvalue weighted by molar-refractivity contribution is -0.121. The van der Waals surface area contributed by atoms with Crippen molar-refractivity contribution in [1.29, 1.82) is 0 Å². The van der Waals surface area contributed by atoms with E-state index in [1.807, 2.05) is 6.92 Å². The Morgan fingerprint density at radius 2 is 2.07 bits per heavy atom.